The van der Waals surface area contributed by atoms with Crippen LogP contribution in [0, 0.1) is 0 Å². The minimum Gasteiger partial charge on any atom is -0.341 e. The molecule has 0 bridgehead atoms. The Balaban J connectivity index is 1.45. The van der Waals surface area contributed by atoms with Gasteiger partial charge in [-0.25, -0.2) is 9.97 Å². The zero-order valence-electron chi connectivity index (χ0n) is 18.8. The standard InChI is InChI=1S/C25H30N6O/c1-18(19-9-4-3-5-10-19)24(32)31-16-8-11-22(31)23-20(17-29(2)28-23)21-12-13-26-25(27-21)30-14-6-7-15-30/h3-5,9-10,12-13,17-18,22H,6-8,11,14-16H2,1-2H3/t18-,22-/m1/s1. The van der Waals surface area contributed by atoms with E-state index < -0.39 is 0 Å². The highest BCUT2D eigenvalue weighted by Crippen LogP contribution is 2.38. The molecule has 2 aliphatic heterocycles. The number of rotatable bonds is 5. The molecule has 0 spiro atoms. The average Bonchev–Trinajstić information content (AvgIpc) is 3.59. The summed E-state index contributed by atoms with van der Waals surface area (Å²) in [6, 6.07) is 11.9. The van der Waals surface area contributed by atoms with Gasteiger partial charge in [-0.2, -0.15) is 5.10 Å². The van der Waals surface area contributed by atoms with Gasteiger partial charge in [0.15, 0.2) is 0 Å². The fourth-order valence-corrected chi connectivity index (χ4v) is 4.96. The highest BCUT2D eigenvalue weighted by molar-refractivity contribution is 5.84. The van der Waals surface area contributed by atoms with Crippen molar-refractivity contribution in [1.29, 1.82) is 0 Å². The van der Waals surface area contributed by atoms with Crippen LogP contribution in [0.4, 0.5) is 5.95 Å². The summed E-state index contributed by atoms with van der Waals surface area (Å²) in [6.45, 7) is 4.77. The third-order valence-electron chi connectivity index (χ3n) is 6.69. The molecule has 7 heteroatoms. The number of aryl methyl sites for hydroxylation is 1. The molecule has 2 aromatic heterocycles. The van der Waals surface area contributed by atoms with Crippen LogP contribution in [0.3, 0.4) is 0 Å². The number of amides is 1. The zero-order chi connectivity index (χ0) is 22.1. The van der Waals surface area contributed by atoms with Crippen molar-refractivity contribution < 1.29 is 4.79 Å². The fraction of sp³-hybridized carbons (Fsp3) is 0.440. The van der Waals surface area contributed by atoms with Crippen molar-refractivity contribution in [3.63, 3.8) is 0 Å². The van der Waals surface area contributed by atoms with Crippen molar-refractivity contribution in [2.45, 2.75) is 44.6 Å². The normalized spacial score (nSPS) is 19.5. The van der Waals surface area contributed by atoms with Crippen molar-refractivity contribution in [3.8, 4) is 11.3 Å². The largest absolute Gasteiger partial charge is 0.341 e. The summed E-state index contributed by atoms with van der Waals surface area (Å²) < 4.78 is 1.84. The molecule has 0 saturated carbocycles. The molecule has 0 N–H and O–H groups in total. The summed E-state index contributed by atoms with van der Waals surface area (Å²) in [4.78, 5) is 27.1. The Morgan fingerprint density at radius 1 is 1.06 bits per heavy atom. The van der Waals surface area contributed by atoms with Crippen molar-refractivity contribution >= 4 is 11.9 Å². The number of likely N-dealkylation sites (tertiary alicyclic amines) is 1. The molecule has 1 amide bonds. The molecule has 7 nitrogen and oxygen atoms in total. The number of nitrogens with zero attached hydrogens (tertiary/aromatic N) is 6. The average molecular weight is 431 g/mol. The van der Waals surface area contributed by atoms with Gasteiger partial charge in [0.05, 0.1) is 23.3 Å². The zero-order valence-corrected chi connectivity index (χ0v) is 18.8. The summed E-state index contributed by atoms with van der Waals surface area (Å²) in [6.07, 6.45) is 8.13. The third kappa shape index (κ3) is 3.87. The second-order valence-electron chi connectivity index (χ2n) is 8.86. The van der Waals surface area contributed by atoms with E-state index in [1.54, 1.807) is 0 Å². The Morgan fingerprint density at radius 3 is 2.62 bits per heavy atom. The number of aromatic nitrogens is 4. The summed E-state index contributed by atoms with van der Waals surface area (Å²) in [7, 11) is 1.93. The molecular weight excluding hydrogens is 400 g/mol. The Hall–Kier alpha value is -3.22. The minimum absolute atomic E-state index is 0.0323. The van der Waals surface area contributed by atoms with Crippen molar-refractivity contribution in [2.75, 3.05) is 24.5 Å². The molecule has 32 heavy (non-hydrogen) atoms. The Kier molecular flexibility index (Phi) is 5.64. The van der Waals surface area contributed by atoms with Gasteiger partial charge in [0.1, 0.15) is 0 Å². The summed E-state index contributed by atoms with van der Waals surface area (Å²) in [5.74, 6) is 0.771. The molecule has 2 aliphatic rings. The Labute approximate surface area is 189 Å². The molecule has 1 aromatic carbocycles. The lowest BCUT2D eigenvalue weighted by Gasteiger charge is -2.27. The number of hydrogen-bond acceptors (Lipinski definition) is 5. The van der Waals surface area contributed by atoms with Crippen LogP contribution >= 0.6 is 0 Å². The lowest BCUT2D eigenvalue weighted by atomic mass is 9.98. The van der Waals surface area contributed by atoms with Gasteiger partial charge in [-0.1, -0.05) is 30.3 Å². The first-order valence-electron chi connectivity index (χ1n) is 11.6. The molecule has 2 saturated heterocycles. The lowest BCUT2D eigenvalue weighted by molar-refractivity contribution is -0.133. The van der Waals surface area contributed by atoms with Crippen LogP contribution in [-0.4, -0.2) is 50.2 Å². The SMILES string of the molecule is C[C@@H](C(=O)N1CCC[C@@H]1c1nn(C)cc1-c1ccnc(N2CCCC2)n1)c1ccccc1. The van der Waals surface area contributed by atoms with Gasteiger partial charge in [0.25, 0.3) is 0 Å². The van der Waals surface area contributed by atoms with Crippen LogP contribution in [-0.2, 0) is 11.8 Å². The topological polar surface area (TPSA) is 67.2 Å². The highest BCUT2D eigenvalue weighted by Gasteiger charge is 2.36. The molecule has 2 fully saturated rings. The molecule has 0 unspecified atom stereocenters. The van der Waals surface area contributed by atoms with Gasteiger partial charge in [0.2, 0.25) is 11.9 Å². The van der Waals surface area contributed by atoms with E-state index in [4.69, 9.17) is 10.1 Å². The van der Waals surface area contributed by atoms with Crippen molar-refractivity contribution in [2.24, 2.45) is 7.05 Å². The van der Waals surface area contributed by atoms with Gasteiger partial charge in [-0.05, 0) is 44.2 Å². The lowest BCUT2D eigenvalue weighted by Crippen LogP contribution is -2.34. The molecule has 4 heterocycles. The predicted octanol–water partition coefficient (Wildman–Crippen LogP) is 3.94. The van der Waals surface area contributed by atoms with E-state index >= 15 is 0 Å². The monoisotopic (exact) mass is 430 g/mol. The quantitative estimate of drug-likeness (QED) is 0.613. The van der Waals surface area contributed by atoms with Gasteiger partial charge in [-0.15, -0.1) is 0 Å². The maximum Gasteiger partial charge on any atom is 0.230 e. The van der Waals surface area contributed by atoms with Crippen molar-refractivity contribution in [1.82, 2.24) is 24.6 Å². The molecule has 2 atom stereocenters. The van der Waals surface area contributed by atoms with Crippen LogP contribution in [0.15, 0.2) is 48.8 Å². The van der Waals surface area contributed by atoms with Crippen LogP contribution in [0.5, 0.6) is 0 Å². The second kappa shape index (κ2) is 8.73. The first-order chi connectivity index (χ1) is 15.6. The van der Waals surface area contributed by atoms with Crippen LogP contribution in [0.2, 0.25) is 0 Å². The van der Waals surface area contributed by atoms with E-state index in [1.165, 1.54) is 12.8 Å². The molecule has 0 radical (unpaired) electrons. The highest BCUT2D eigenvalue weighted by atomic mass is 16.2. The number of hydrogen-bond donors (Lipinski definition) is 0. The third-order valence-corrected chi connectivity index (χ3v) is 6.69. The Morgan fingerprint density at radius 2 is 1.84 bits per heavy atom. The minimum atomic E-state index is -0.176. The summed E-state index contributed by atoms with van der Waals surface area (Å²) in [5.41, 5.74) is 3.85. The first-order valence-corrected chi connectivity index (χ1v) is 11.6. The van der Waals surface area contributed by atoms with Gasteiger partial charge < -0.3 is 9.80 Å². The smallest absolute Gasteiger partial charge is 0.230 e. The van der Waals surface area contributed by atoms with Gasteiger partial charge in [-0.3, -0.25) is 9.48 Å². The van der Waals surface area contributed by atoms with E-state index in [1.807, 2.05) is 72.3 Å². The van der Waals surface area contributed by atoms with E-state index in [0.29, 0.717) is 0 Å². The number of anilines is 1. The maximum atomic E-state index is 13.5. The number of benzene rings is 1. The molecule has 166 valence electrons. The van der Waals surface area contributed by atoms with E-state index in [0.717, 1.165) is 60.9 Å². The number of carbonyl (C=O) groups is 1. The molecule has 3 aromatic rings. The first kappa shape index (κ1) is 20.7. The molecule has 5 rings (SSSR count). The van der Waals surface area contributed by atoms with E-state index in [2.05, 4.69) is 9.88 Å². The van der Waals surface area contributed by atoms with Crippen molar-refractivity contribution in [3.05, 3.63) is 60.0 Å². The summed E-state index contributed by atoms with van der Waals surface area (Å²) >= 11 is 0. The fourth-order valence-electron chi connectivity index (χ4n) is 4.96. The van der Waals surface area contributed by atoms with Gasteiger partial charge >= 0.3 is 0 Å². The van der Waals surface area contributed by atoms with E-state index in [-0.39, 0.29) is 17.9 Å². The van der Waals surface area contributed by atoms with Crippen LogP contribution in [0.25, 0.3) is 11.3 Å². The molecule has 0 aliphatic carbocycles. The Bertz CT molecular complexity index is 1090. The maximum absolute atomic E-state index is 13.5. The number of carbonyl (C=O) groups excluding carboxylic acids is 1. The van der Waals surface area contributed by atoms with Crippen LogP contribution in [0.1, 0.15) is 55.8 Å². The molecular formula is C25H30N6O. The second-order valence-corrected chi connectivity index (χ2v) is 8.86. The summed E-state index contributed by atoms with van der Waals surface area (Å²) in [5, 5.41) is 4.81. The van der Waals surface area contributed by atoms with E-state index in [9.17, 15) is 4.79 Å². The predicted molar refractivity (Wildman–Crippen MR) is 124 cm³/mol. The van der Waals surface area contributed by atoms with Gasteiger partial charge in [0, 0.05) is 44.6 Å². The van der Waals surface area contributed by atoms with Crippen LogP contribution < -0.4 is 4.90 Å².